The van der Waals surface area contributed by atoms with Gasteiger partial charge in [-0.3, -0.25) is 4.79 Å². The van der Waals surface area contributed by atoms with Crippen molar-refractivity contribution in [2.45, 2.75) is 20.0 Å². The molecule has 0 unspecified atom stereocenters. The Hall–Kier alpha value is -4.00. The maximum Gasteiger partial charge on any atom is 0.255 e. The first kappa shape index (κ1) is 17.8. The molecule has 5 aromatic rings. The number of hydrogen-bond acceptors (Lipinski definition) is 4. The Morgan fingerprint density at radius 1 is 1.10 bits per heavy atom. The topological polar surface area (TPSA) is 79.7 Å². The van der Waals surface area contributed by atoms with Gasteiger partial charge in [-0.05, 0) is 42.3 Å². The molecular weight excluding hydrogens is 388 g/mol. The second kappa shape index (κ2) is 6.77. The summed E-state index contributed by atoms with van der Waals surface area (Å²) in [6, 6.07) is 10.2. The molecule has 7 heteroatoms. The van der Waals surface area contributed by atoms with E-state index in [1.807, 2.05) is 35.5 Å². The number of rotatable bonds is 2. The molecule has 0 aliphatic carbocycles. The number of fused-ring (bicyclic) bond motifs is 3. The number of benzene rings is 1. The SMILES string of the molecule is Cc1cc2n(c1)CCN(C(=O)c1cnc3[nH]cc(-c4ccc5ncncc5c4)c3c1)C2. The average Bonchev–Trinajstić information content (AvgIpc) is 3.39. The van der Waals surface area contributed by atoms with Crippen LogP contribution in [0.15, 0.2) is 61.4 Å². The quantitative estimate of drug-likeness (QED) is 0.480. The molecule has 0 spiro atoms. The van der Waals surface area contributed by atoms with Gasteiger partial charge in [0.1, 0.15) is 12.0 Å². The highest BCUT2D eigenvalue weighted by Crippen LogP contribution is 2.30. The van der Waals surface area contributed by atoms with Gasteiger partial charge in [-0.15, -0.1) is 0 Å². The van der Waals surface area contributed by atoms with Crippen LogP contribution in [0.2, 0.25) is 0 Å². The highest BCUT2D eigenvalue weighted by molar-refractivity contribution is 6.01. The van der Waals surface area contributed by atoms with Crippen molar-refractivity contribution in [2.24, 2.45) is 0 Å². The van der Waals surface area contributed by atoms with Gasteiger partial charge in [0.2, 0.25) is 0 Å². The van der Waals surface area contributed by atoms with Crippen molar-refractivity contribution in [3.05, 3.63) is 78.3 Å². The van der Waals surface area contributed by atoms with E-state index in [0.717, 1.165) is 39.6 Å². The van der Waals surface area contributed by atoms with Gasteiger partial charge in [0.05, 0.1) is 17.6 Å². The smallest absolute Gasteiger partial charge is 0.255 e. The summed E-state index contributed by atoms with van der Waals surface area (Å²) in [5.41, 5.74) is 6.71. The van der Waals surface area contributed by atoms with Gasteiger partial charge in [-0.25, -0.2) is 15.0 Å². The van der Waals surface area contributed by atoms with Crippen molar-refractivity contribution in [3.63, 3.8) is 0 Å². The van der Waals surface area contributed by atoms with E-state index in [-0.39, 0.29) is 5.91 Å². The molecule has 6 rings (SSSR count). The predicted octanol–water partition coefficient (Wildman–Crippen LogP) is 3.94. The number of nitrogens with one attached hydrogen (secondary N) is 1. The molecule has 1 aromatic carbocycles. The average molecular weight is 408 g/mol. The van der Waals surface area contributed by atoms with E-state index in [1.165, 1.54) is 11.3 Å². The van der Waals surface area contributed by atoms with Crippen LogP contribution in [0.25, 0.3) is 33.1 Å². The lowest BCUT2D eigenvalue weighted by Crippen LogP contribution is -2.37. The van der Waals surface area contributed by atoms with Crippen LogP contribution in [-0.2, 0) is 13.1 Å². The van der Waals surface area contributed by atoms with Gasteiger partial charge in [0.25, 0.3) is 5.91 Å². The summed E-state index contributed by atoms with van der Waals surface area (Å²) in [6.07, 6.45) is 9.10. The number of H-pyrrole nitrogens is 1. The Bertz CT molecular complexity index is 1460. The number of amides is 1. The number of aromatic amines is 1. The molecule has 7 nitrogen and oxygen atoms in total. The summed E-state index contributed by atoms with van der Waals surface area (Å²) < 4.78 is 2.23. The first-order chi connectivity index (χ1) is 15.2. The molecule has 0 radical (unpaired) electrons. The Kier molecular flexibility index (Phi) is 3.89. The zero-order chi connectivity index (χ0) is 20.9. The summed E-state index contributed by atoms with van der Waals surface area (Å²) in [5, 5.41) is 1.90. The second-order valence-corrected chi connectivity index (χ2v) is 8.05. The molecule has 4 aromatic heterocycles. The standard InChI is InChI=1S/C24H20N6O/c1-15-6-19-13-30(5-4-29(19)12-15)24(31)18-8-20-21(11-27-23(20)26-10-18)16-2-3-22-17(7-16)9-25-14-28-22/h2-3,6-12,14H,4-5,13H2,1H3,(H,26,27). The zero-order valence-electron chi connectivity index (χ0n) is 17.0. The fraction of sp³-hybridized carbons (Fsp3) is 0.167. The van der Waals surface area contributed by atoms with Gasteiger partial charge < -0.3 is 14.5 Å². The Balaban J connectivity index is 1.37. The third kappa shape index (κ3) is 2.97. The van der Waals surface area contributed by atoms with Crippen LogP contribution in [0, 0.1) is 6.92 Å². The predicted molar refractivity (Wildman–Crippen MR) is 119 cm³/mol. The summed E-state index contributed by atoms with van der Waals surface area (Å²) in [5.74, 6) is 0.0126. The minimum Gasteiger partial charge on any atom is -0.348 e. The lowest BCUT2D eigenvalue weighted by Gasteiger charge is -2.28. The van der Waals surface area contributed by atoms with Gasteiger partial charge >= 0.3 is 0 Å². The Morgan fingerprint density at radius 2 is 2.03 bits per heavy atom. The maximum atomic E-state index is 13.3. The molecule has 0 bridgehead atoms. The lowest BCUT2D eigenvalue weighted by molar-refractivity contribution is 0.0711. The van der Waals surface area contributed by atoms with E-state index in [9.17, 15) is 4.79 Å². The van der Waals surface area contributed by atoms with Crippen molar-refractivity contribution in [2.75, 3.05) is 6.54 Å². The van der Waals surface area contributed by atoms with Crippen molar-refractivity contribution < 1.29 is 4.79 Å². The zero-order valence-corrected chi connectivity index (χ0v) is 17.0. The maximum absolute atomic E-state index is 13.3. The summed E-state index contributed by atoms with van der Waals surface area (Å²) >= 11 is 0. The highest BCUT2D eigenvalue weighted by Gasteiger charge is 2.23. The first-order valence-corrected chi connectivity index (χ1v) is 10.3. The summed E-state index contributed by atoms with van der Waals surface area (Å²) in [7, 11) is 0. The number of aromatic nitrogens is 5. The minimum absolute atomic E-state index is 0.0126. The molecule has 0 saturated heterocycles. The number of pyridine rings is 1. The molecule has 1 aliphatic rings. The van der Waals surface area contributed by atoms with E-state index >= 15 is 0 Å². The first-order valence-electron chi connectivity index (χ1n) is 10.3. The van der Waals surface area contributed by atoms with E-state index < -0.39 is 0 Å². The van der Waals surface area contributed by atoms with Gasteiger partial charge in [-0.2, -0.15) is 0 Å². The van der Waals surface area contributed by atoms with Crippen molar-refractivity contribution >= 4 is 27.8 Å². The van der Waals surface area contributed by atoms with Crippen molar-refractivity contribution in [1.29, 1.82) is 0 Å². The Morgan fingerprint density at radius 3 is 2.97 bits per heavy atom. The van der Waals surface area contributed by atoms with Gasteiger partial charge in [0, 0.05) is 59.9 Å². The molecule has 0 fully saturated rings. The normalized spacial score (nSPS) is 13.6. The molecule has 1 aliphatic heterocycles. The van der Waals surface area contributed by atoms with E-state index in [2.05, 4.69) is 49.8 Å². The number of nitrogens with zero attached hydrogens (tertiary/aromatic N) is 5. The molecule has 1 amide bonds. The molecule has 0 atom stereocenters. The van der Waals surface area contributed by atoms with Crippen LogP contribution in [0.4, 0.5) is 0 Å². The fourth-order valence-electron chi connectivity index (χ4n) is 4.43. The summed E-state index contributed by atoms with van der Waals surface area (Å²) in [4.78, 5) is 31.3. The van der Waals surface area contributed by atoms with Gasteiger partial charge in [0.15, 0.2) is 0 Å². The van der Waals surface area contributed by atoms with Crippen LogP contribution in [0.5, 0.6) is 0 Å². The lowest BCUT2D eigenvalue weighted by atomic mass is 10.0. The molecule has 152 valence electrons. The highest BCUT2D eigenvalue weighted by atomic mass is 16.2. The van der Waals surface area contributed by atoms with Crippen LogP contribution >= 0.6 is 0 Å². The van der Waals surface area contributed by atoms with E-state index in [0.29, 0.717) is 18.7 Å². The number of carbonyl (C=O) groups excluding carboxylic acids is 1. The third-order valence-corrected chi connectivity index (χ3v) is 5.97. The number of hydrogen-bond donors (Lipinski definition) is 1. The molecular formula is C24H20N6O. The fourth-order valence-corrected chi connectivity index (χ4v) is 4.43. The number of aryl methyl sites for hydroxylation is 1. The largest absolute Gasteiger partial charge is 0.348 e. The molecule has 0 saturated carbocycles. The van der Waals surface area contributed by atoms with Crippen LogP contribution in [-0.4, -0.2) is 41.9 Å². The van der Waals surface area contributed by atoms with Crippen molar-refractivity contribution in [3.8, 4) is 11.1 Å². The Labute approximate surface area is 178 Å². The van der Waals surface area contributed by atoms with Crippen molar-refractivity contribution in [1.82, 2.24) is 29.4 Å². The second-order valence-electron chi connectivity index (χ2n) is 8.05. The van der Waals surface area contributed by atoms with E-state index in [4.69, 9.17) is 0 Å². The van der Waals surface area contributed by atoms with E-state index in [1.54, 1.807) is 12.5 Å². The van der Waals surface area contributed by atoms with Crippen LogP contribution < -0.4 is 0 Å². The molecule has 5 heterocycles. The van der Waals surface area contributed by atoms with Gasteiger partial charge in [-0.1, -0.05) is 6.07 Å². The third-order valence-electron chi connectivity index (χ3n) is 5.97. The van der Waals surface area contributed by atoms with Crippen LogP contribution in [0.1, 0.15) is 21.6 Å². The molecule has 1 N–H and O–H groups in total. The number of carbonyl (C=O) groups is 1. The summed E-state index contributed by atoms with van der Waals surface area (Å²) in [6.45, 7) is 4.22. The minimum atomic E-state index is 0.0126. The monoisotopic (exact) mass is 408 g/mol. The molecule has 31 heavy (non-hydrogen) atoms. The van der Waals surface area contributed by atoms with Crippen LogP contribution in [0.3, 0.4) is 0 Å².